The number of rotatable bonds is 3. The van der Waals surface area contributed by atoms with Gasteiger partial charge in [0.2, 0.25) is 0 Å². The van der Waals surface area contributed by atoms with Gasteiger partial charge in [-0.15, -0.1) is 0 Å². The van der Waals surface area contributed by atoms with E-state index in [1.54, 1.807) is 6.92 Å². The molecule has 1 aliphatic heterocycles. The Kier molecular flexibility index (Phi) is 3.97. The summed E-state index contributed by atoms with van der Waals surface area (Å²) in [4.78, 5) is 21.5. The van der Waals surface area contributed by atoms with Crippen LogP contribution in [0.2, 0.25) is 0 Å². The van der Waals surface area contributed by atoms with Crippen molar-refractivity contribution in [2.75, 3.05) is 0 Å². The van der Waals surface area contributed by atoms with E-state index in [-0.39, 0.29) is 6.10 Å². The van der Waals surface area contributed by atoms with E-state index in [2.05, 4.69) is 0 Å². The van der Waals surface area contributed by atoms with Crippen LogP contribution in [0, 0.1) is 0 Å². The second kappa shape index (κ2) is 4.91. The zero-order chi connectivity index (χ0) is 13.2. The molecule has 2 N–H and O–H groups in total. The zero-order valence-electron chi connectivity index (χ0n) is 8.95. The maximum atomic E-state index is 12.0. The maximum Gasteiger partial charge on any atom is 0.471 e. The van der Waals surface area contributed by atoms with Crippen LogP contribution in [0.15, 0.2) is 0 Å². The number of ether oxygens (including phenoxy) is 1. The molecule has 0 aromatic carbocycles. The number of alkyl halides is 3. The average molecular weight is 255 g/mol. The molecule has 5 nitrogen and oxygen atoms in total. The predicted octanol–water partition coefficient (Wildman–Crippen LogP) is 0.686. The normalized spacial score (nSPS) is 26.6. The van der Waals surface area contributed by atoms with Gasteiger partial charge in [-0.05, 0) is 19.8 Å². The van der Waals surface area contributed by atoms with E-state index in [9.17, 15) is 22.8 Å². The minimum atomic E-state index is -5.10. The summed E-state index contributed by atoms with van der Waals surface area (Å²) >= 11 is 0. The van der Waals surface area contributed by atoms with Crippen molar-refractivity contribution >= 4 is 11.9 Å². The first-order valence-electron chi connectivity index (χ1n) is 4.97. The van der Waals surface area contributed by atoms with E-state index in [4.69, 9.17) is 9.84 Å². The summed E-state index contributed by atoms with van der Waals surface area (Å²) in [5.41, 5.74) is 0. The quantitative estimate of drug-likeness (QED) is 0.777. The number of carboxylic acid groups (broad SMARTS) is 1. The molecule has 0 bridgehead atoms. The van der Waals surface area contributed by atoms with Crippen LogP contribution < -0.4 is 5.32 Å². The summed E-state index contributed by atoms with van der Waals surface area (Å²) in [6.45, 7) is 1.69. The molecular formula is C9H12F3NO4. The predicted molar refractivity (Wildman–Crippen MR) is 49.2 cm³/mol. The van der Waals surface area contributed by atoms with Crippen LogP contribution in [0.5, 0.6) is 0 Å². The van der Waals surface area contributed by atoms with E-state index in [1.807, 2.05) is 0 Å². The molecule has 1 aliphatic rings. The van der Waals surface area contributed by atoms with Crippen molar-refractivity contribution in [3.05, 3.63) is 0 Å². The van der Waals surface area contributed by atoms with Gasteiger partial charge in [-0.1, -0.05) is 0 Å². The van der Waals surface area contributed by atoms with Crippen LogP contribution in [0.3, 0.4) is 0 Å². The Bertz CT molecular complexity index is 318. The van der Waals surface area contributed by atoms with Gasteiger partial charge in [-0.25, -0.2) is 4.79 Å². The maximum absolute atomic E-state index is 12.0. The number of halogens is 3. The number of carboxylic acids is 1. The lowest BCUT2D eigenvalue weighted by Gasteiger charge is -2.21. The summed E-state index contributed by atoms with van der Waals surface area (Å²) in [6.07, 6.45) is -5.39. The lowest BCUT2D eigenvalue weighted by Crippen LogP contribution is -2.52. The fraction of sp³-hybridized carbons (Fsp3) is 0.778. The number of hydrogen-bond acceptors (Lipinski definition) is 3. The van der Waals surface area contributed by atoms with E-state index in [0.29, 0.717) is 12.8 Å². The van der Waals surface area contributed by atoms with Gasteiger partial charge < -0.3 is 15.2 Å². The van der Waals surface area contributed by atoms with Crippen molar-refractivity contribution in [1.29, 1.82) is 0 Å². The number of aliphatic carboxylic acids is 1. The second-order valence-electron chi connectivity index (χ2n) is 3.85. The Hall–Kier alpha value is -1.31. The number of amides is 1. The highest BCUT2D eigenvalue weighted by Gasteiger charge is 2.44. The molecule has 98 valence electrons. The number of nitrogens with one attached hydrogen (secondary N) is 1. The van der Waals surface area contributed by atoms with E-state index in [0.717, 1.165) is 0 Å². The van der Waals surface area contributed by atoms with Crippen molar-refractivity contribution < 1.29 is 32.6 Å². The zero-order valence-corrected chi connectivity index (χ0v) is 8.95. The molecule has 0 saturated carbocycles. The van der Waals surface area contributed by atoms with Crippen LogP contribution in [-0.2, 0) is 14.3 Å². The lowest BCUT2D eigenvalue weighted by atomic mass is 10.1. The highest BCUT2D eigenvalue weighted by molar-refractivity contribution is 5.87. The number of hydrogen-bond donors (Lipinski definition) is 2. The topological polar surface area (TPSA) is 75.6 Å². The summed E-state index contributed by atoms with van der Waals surface area (Å²) in [5, 5.41) is 10.2. The Morgan fingerprint density at radius 2 is 2.00 bits per heavy atom. The highest BCUT2D eigenvalue weighted by atomic mass is 19.4. The van der Waals surface area contributed by atoms with Crippen molar-refractivity contribution in [3.63, 3.8) is 0 Å². The summed E-state index contributed by atoms with van der Waals surface area (Å²) in [7, 11) is 0. The van der Waals surface area contributed by atoms with Crippen molar-refractivity contribution in [3.8, 4) is 0 Å². The van der Waals surface area contributed by atoms with Crippen LogP contribution in [-0.4, -0.2) is 41.4 Å². The van der Waals surface area contributed by atoms with Gasteiger partial charge in [-0.2, -0.15) is 13.2 Å². The average Bonchev–Trinajstić information content (AvgIpc) is 2.58. The van der Waals surface area contributed by atoms with Crippen LogP contribution in [0.25, 0.3) is 0 Å². The van der Waals surface area contributed by atoms with Crippen molar-refractivity contribution in [1.82, 2.24) is 5.32 Å². The molecule has 0 aromatic rings. The minimum Gasteiger partial charge on any atom is -0.480 e. The summed E-state index contributed by atoms with van der Waals surface area (Å²) < 4.78 is 41.1. The van der Waals surface area contributed by atoms with E-state index < -0.39 is 30.2 Å². The van der Waals surface area contributed by atoms with Gasteiger partial charge in [-0.3, -0.25) is 4.79 Å². The lowest BCUT2D eigenvalue weighted by molar-refractivity contribution is -0.177. The van der Waals surface area contributed by atoms with Gasteiger partial charge in [0.15, 0.2) is 6.04 Å². The summed E-state index contributed by atoms with van der Waals surface area (Å²) in [6, 6.07) is -1.67. The molecule has 8 heteroatoms. The smallest absolute Gasteiger partial charge is 0.471 e. The van der Waals surface area contributed by atoms with Crippen LogP contribution in [0.1, 0.15) is 19.8 Å². The van der Waals surface area contributed by atoms with Crippen molar-refractivity contribution in [2.24, 2.45) is 0 Å². The monoisotopic (exact) mass is 255 g/mol. The number of carbonyl (C=O) groups excluding carboxylic acids is 1. The Morgan fingerprint density at radius 3 is 2.35 bits per heavy atom. The van der Waals surface area contributed by atoms with Gasteiger partial charge in [0.05, 0.1) is 12.2 Å². The van der Waals surface area contributed by atoms with Gasteiger partial charge in [0, 0.05) is 0 Å². The first kappa shape index (κ1) is 13.8. The standard InChI is InChI=1S/C9H12F3NO4/c1-4-2-3-5(17-4)6(7(14)15)13-8(16)9(10,11)12/h4-6H,2-3H2,1H3,(H,13,16)(H,14,15). The molecule has 1 fully saturated rings. The fourth-order valence-electron chi connectivity index (χ4n) is 1.62. The molecule has 1 rings (SSSR count). The largest absolute Gasteiger partial charge is 0.480 e. The molecule has 1 amide bonds. The van der Waals surface area contributed by atoms with Crippen LogP contribution in [0.4, 0.5) is 13.2 Å². The van der Waals surface area contributed by atoms with Gasteiger partial charge in [0.1, 0.15) is 0 Å². The Balaban J connectivity index is 2.68. The third kappa shape index (κ3) is 3.58. The molecule has 17 heavy (non-hydrogen) atoms. The molecule has 1 saturated heterocycles. The molecule has 0 aromatic heterocycles. The SMILES string of the molecule is CC1CCC(C(NC(=O)C(F)(F)F)C(=O)O)O1. The van der Waals surface area contributed by atoms with E-state index in [1.165, 1.54) is 5.32 Å². The Labute approximate surface area is 94.9 Å². The molecule has 3 unspecified atom stereocenters. The third-order valence-corrected chi connectivity index (χ3v) is 2.45. The first-order chi connectivity index (χ1) is 7.71. The minimum absolute atomic E-state index is 0.218. The summed E-state index contributed by atoms with van der Waals surface area (Å²) in [5.74, 6) is -3.81. The second-order valence-corrected chi connectivity index (χ2v) is 3.85. The van der Waals surface area contributed by atoms with Crippen molar-refractivity contribution in [2.45, 2.75) is 44.2 Å². The van der Waals surface area contributed by atoms with Gasteiger partial charge in [0.25, 0.3) is 0 Å². The molecule has 0 radical (unpaired) electrons. The van der Waals surface area contributed by atoms with Gasteiger partial charge >= 0.3 is 18.1 Å². The van der Waals surface area contributed by atoms with Crippen LogP contribution >= 0.6 is 0 Å². The molecule has 1 heterocycles. The molecular weight excluding hydrogens is 243 g/mol. The number of carbonyl (C=O) groups is 2. The fourth-order valence-corrected chi connectivity index (χ4v) is 1.62. The van der Waals surface area contributed by atoms with E-state index >= 15 is 0 Å². The highest BCUT2D eigenvalue weighted by Crippen LogP contribution is 2.23. The molecule has 3 atom stereocenters. The molecule has 0 spiro atoms. The first-order valence-corrected chi connectivity index (χ1v) is 4.97. The third-order valence-electron chi connectivity index (χ3n) is 2.45. The Morgan fingerprint density at radius 1 is 1.41 bits per heavy atom. The molecule has 0 aliphatic carbocycles.